The molecule has 8 rings (SSSR count). The summed E-state index contributed by atoms with van der Waals surface area (Å²) >= 11 is 8.80. The van der Waals surface area contributed by atoms with Gasteiger partial charge >= 0.3 is 0 Å². The van der Waals surface area contributed by atoms with Crippen LogP contribution in [0.15, 0.2) is 91.1 Å². The van der Waals surface area contributed by atoms with Gasteiger partial charge in [0.15, 0.2) is 29.5 Å². The van der Waals surface area contributed by atoms with Gasteiger partial charge in [-0.15, -0.1) is 22.7 Å². The zero-order chi connectivity index (χ0) is 40.9. The zero-order valence-corrected chi connectivity index (χ0v) is 34.6. The Bertz CT molecular complexity index is 2740. The van der Waals surface area contributed by atoms with Crippen LogP contribution in [0.25, 0.3) is 22.1 Å². The highest BCUT2D eigenvalue weighted by Crippen LogP contribution is 2.31. The van der Waals surface area contributed by atoms with Crippen molar-refractivity contribution in [3.8, 4) is 0 Å². The number of carbonyl (C=O) groups excluding carboxylic acids is 2. The number of aromatic amines is 2. The summed E-state index contributed by atoms with van der Waals surface area (Å²) in [4.78, 5) is 67.7. The van der Waals surface area contributed by atoms with Gasteiger partial charge in [0, 0.05) is 88.0 Å². The molecule has 8 heterocycles. The Morgan fingerprint density at radius 2 is 1.14 bits per heavy atom. The molecule has 6 aromatic heterocycles. The lowest BCUT2D eigenvalue weighted by molar-refractivity contribution is 0.0737. The molecule has 0 spiro atoms. The van der Waals surface area contributed by atoms with Crippen molar-refractivity contribution in [2.45, 2.75) is 9.79 Å². The van der Waals surface area contributed by atoms with Crippen LogP contribution in [-0.4, -0.2) is 123 Å². The van der Waals surface area contributed by atoms with Gasteiger partial charge in [0.05, 0.1) is 20.5 Å². The van der Waals surface area contributed by atoms with Gasteiger partial charge in [0.1, 0.15) is 11.3 Å². The van der Waals surface area contributed by atoms with E-state index in [1.165, 1.54) is 28.9 Å². The smallest absolute Gasteiger partial charge is 0.270 e. The van der Waals surface area contributed by atoms with E-state index in [4.69, 9.17) is 11.6 Å². The van der Waals surface area contributed by atoms with Gasteiger partial charge in [-0.05, 0) is 47.2 Å². The Morgan fingerprint density at radius 3 is 1.63 bits per heavy atom. The molecule has 2 aliphatic rings. The average molecular weight is 873 g/mol. The minimum atomic E-state index is -3.76. The van der Waals surface area contributed by atoms with Crippen LogP contribution in [0.3, 0.4) is 0 Å². The second-order valence-corrected chi connectivity index (χ2v) is 19.0. The van der Waals surface area contributed by atoms with Crippen molar-refractivity contribution in [2.24, 2.45) is 0 Å². The molecule has 16 nitrogen and oxygen atoms in total. The van der Waals surface area contributed by atoms with E-state index in [2.05, 4.69) is 25.3 Å². The fourth-order valence-electron chi connectivity index (χ4n) is 6.26. The van der Waals surface area contributed by atoms with Crippen molar-refractivity contribution in [1.29, 1.82) is 0 Å². The molecule has 0 atom stereocenters. The Hall–Kier alpha value is -4.99. The lowest BCUT2D eigenvalue weighted by atomic mass is 10.2. The Balaban J connectivity index is 0.000000160. The predicted molar refractivity (Wildman–Crippen MR) is 221 cm³/mol. The quantitative estimate of drug-likeness (QED) is 0.228. The maximum atomic E-state index is 12.6. The molecular weight excluding hydrogens is 836 g/mol. The molecule has 2 amide bonds. The van der Waals surface area contributed by atoms with Crippen LogP contribution < -0.4 is 21.3 Å². The number of nitrogens with zero attached hydrogens (tertiary/aromatic N) is 5. The van der Waals surface area contributed by atoms with Crippen molar-refractivity contribution in [1.82, 2.24) is 35.1 Å². The number of nitrogens with one attached hydrogen (secondary N) is 3. The molecule has 300 valence electrons. The van der Waals surface area contributed by atoms with E-state index in [1.54, 1.807) is 41.4 Å². The molecule has 2 saturated heterocycles. The average Bonchev–Trinajstić information content (AvgIpc) is 3.93. The van der Waals surface area contributed by atoms with Crippen molar-refractivity contribution in [3.05, 3.63) is 107 Å². The van der Waals surface area contributed by atoms with Gasteiger partial charge in [0.2, 0.25) is 0 Å². The highest BCUT2D eigenvalue weighted by molar-refractivity contribution is 7.91. The van der Waals surface area contributed by atoms with Crippen LogP contribution >= 0.6 is 34.3 Å². The number of rotatable bonds is 5. The van der Waals surface area contributed by atoms with Crippen LogP contribution in [0.1, 0.15) is 19.3 Å². The van der Waals surface area contributed by atoms with Crippen LogP contribution in [0, 0.1) is 0 Å². The standard InChI is InChI=1S/C18H18N4O4S2.C9H7ClN2O3S.C9H12N2OS/c1-28(25,26)15-14(12-4-2-6-19-16(12)20-17(15)23)21-7-9-22(10-8-21)18(24)13-5-3-11-27-13;1-16(14,15)7-6(10)5-3-2-4-11-8(5)12-9(7)13;12-9(8-2-1-7-13-8)11-5-3-10-4-6-11/h2-6,11H,7-10H2,1H3,(H,19,20,23);2-4H,1H3,(H,11,12,13);1-2,7,10H,3-6H2. The minimum Gasteiger partial charge on any atom is -0.366 e. The number of halogens is 1. The second kappa shape index (κ2) is 17.7. The Labute approximate surface area is 340 Å². The number of anilines is 1. The molecule has 6 aromatic rings. The predicted octanol–water partition coefficient (Wildman–Crippen LogP) is 3.12. The van der Waals surface area contributed by atoms with E-state index < -0.39 is 35.7 Å². The summed E-state index contributed by atoms with van der Waals surface area (Å²) in [5.74, 6) is 0.145. The van der Waals surface area contributed by atoms with E-state index in [0.717, 1.165) is 43.6 Å². The third kappa shape index (κ3) is 9.59. The van der Waals surface area contributed by atoms with Gasteiger partial charge in [-0.1, -0.05) is 23.7 Å². The molecule has 0 bridgehead atoms. The fourth-order valence-corrected chi connectivity index (χ4v) is 10.1. The molecular formula is C36H37ClN8O8S4. The van der Waals surface area contributed by atoms with Gasteiger partial charge in [-0.2, -0.15) is 0 Å². The largest absolute Gasteiger partial charge is 0.366 e. The number of pyridine rings is 4. The van der Waals surface area contributed by atoms with E-state index in [-0.39, 0.29) is 27.4 Å². The van der Waals surface area contributed by atoms with Crippen molar-refractivity contribution < 1.29 is 26.4 Å². The molecule has 0 unspecified atom stereocenters. The molecule has 2 fully saturated rings. The van der Waals surface area contributed by atoms with Crippen molar-refractivity contribution in [2.75, 3.05) is 69.8 Å². The third-order valence-electron chi connectivity index (χ3n) is 8.89. The zero-order valence-electron chi connectivity index (χ0n) is 30.6. The molecule has 3 N–H and O–H groups in total. The van der Waals surface area contributed by atoms with Crippen LogP contribution in [0.4, 0.5) is 5.69 Å². The van der Waals surface area contributed by atoms with Crippen LogP contribution in [-0.2, 0) is 19.7 Å². The van der Waals surface area contributed by atoms with Crippen LogP contribution in [0.2, 0.25) is 5.02 Å². The first-order chi connectivity index (χ1) is 27.1. The van der Waals surface area contributed by atoms with Crippen molar-refractivity contribution >= 4 is 93.5 Å². The molecule has 57 heavy (non-hydrogen) atoms. The van der Waals surface area contributed by atoms with E-state index >= 15 is 0 Å². The molecule has 0 aliphatic carbocycles. The third-order valence-corrected chi connectivity index (χ3v) is 13.4. The molecule has 21 heteroatoms. The normalized spacial score (nSPS) is 14.8. The molecule has 0 radical (unpaired) electrons. The molecule has 0 saturated carbocycles. The molecule has 2 aliphatic heterocycles. The van der Waals surface area contributed by atoms with Gasteiger partial charge in [-0.3, -0.25) is 19.2 Å². The van der Waals surface area contributed by atoms with E-state index in [1.807, 2.05) is 38.8 Å². The monoisotopic (exact) mass is 872 g/mol. The first-order valence-electron chi connectivity index (χ1n) is 17.3. The molecule has 0 aromatic carbocycles. The lowest BCUT2D eigenvalue weighted by Crippen LogP contribution is -2.49. The SMILES string of the molecule is CS(=O)(=O)c1c(Cl)c2cccnc2[nH]c1=O.CS(=O)(=O)c1c(N2CCN(C(=O)c3cccs3)CC2)c2cccnc2[nH]c1=O.O=C(c1cccs1)N1CCNCC1. The number of H-pyrrole nitrogens is 2. The summed E-state index contributed by atoms with van der Waals surface area (Å²) in [5.41, 5.74) is -0.464. The Kier molecular flexibility index (Phi) is 12.9. The van der Waals surface area contributed by atoms with Crippen LogP contribution in [0.5, 0.6) is 0 Å². The first kappa shape index (κ1) is 41.6. The summed E-state index contributed by atoms with van der Waals surface area (Å²) in [6, 6.07) is 14.1. The van der Waals surface area contributed by atoms with E-state index in [9.17, 15) is 36.0 Å². The Morgan fingerprint density at radius 1 is 0.667 bits per heavy atom. The topological polar surface area (TPSA) is 216 Å². The maximum absolute atomic E-state index is 12.6. The number of sulfone groups is 2. The second-order valence-electron chi connectivity index (χ2n) is 12.8. The highest BCUT2D eigenvalue weighted by atomic mass is 35.5. The number of hydrogen-bond acceptors (Lipinski definition) is 14. The van der Waals surface area contributed by atoms with Crippen molar-refractivity contribution in [3.63, 3.8) is 0 Å². The van der Waals surface area contributed by atoms with Gasteiger partial charge in [0.25, 0.3) is 22.9 Å². The number of thiophene rings is 2. The summed E-state index contributed by atoms with van der Waals surface area (Å²) in [7, 11) is -7.42. The maximum Gasteiger partial charge on any atom is 0.270 e. The summed E-state index contributed by atoms with van der Waals surface area (Å²) in [6.45, 7) is 5.21. The van der Waals surface area contributed by atoms with Gasteiger partial charge < -0.3 is 30.0 Å². The van der Waals surface area contributed by atoms with Gasteiger partial charge in [-0.25, -0.2) is 26.8 Å². The number of amides is 2. The first-order valence-corrected chi connectivity index (χ1v) is 23.3. The minimum absolute atomic E-state index is 0.0320. The summed E-state index contributed by atoms with van der Waals surface area (Å²) < 4.78 is 47.5. The summed E-state index contributed by atoms with van der Waals surface area (Å²) in [6.07, 6.45) is 4.99. The number of carbonyl (C=O) groups is 2. The number of fused-ring (bicyclic) bond motifs is 2. The number of piperazine rings is 2. The van der Waals surface area contributed by atoms with E-state index in [0.29, 0.717) is 53.2 Å². The number of aromatic nitrogens is 4. The highest BCUT2D eigenvalue weighted by Gasteiger charge is 2.30. The number of hydrogen-bond donors (Lipinski definition) is 3. The lowest BCUT2D eigenvalue weighted by Gasteiger charge is -2.36. The fraction of sp³-hybridized carbons (Fsp3) is 0.278. The summed E-state index contributed by atoms with van der Waals surface area (Å²) in [5, 5.41) is 7.91.